The zero-order chi connectivity index (χ0) is 21.3. The Morgan fingerprint density at radius 1 is 1.13 bits per heavy atom. The van der Waals surface area contributed by atoms with Crippen LogP contribution in [-0.2, 0) is 18.3 Å². The van der Waals surface area contributed by atoms with E-state index in [2.05, 4.69) is 15.0 Å². The Bertz CT molecular complexity index is 1060. The van der Waals surface area contributed by atoms with E-state index in [0.29, 0.717) is 31.9 Å². The number of carbonyl (C=O) groups is 1. The normalized spacial score (nSPS) is 14.4. The van der Waals surface area contributed by atoms with Gasteiger partial charge in [-0.05, 0) is 31.2 Å². The third kappa shape index (κ3) is 3.92. The predicted octanol–water partition coefficient (Wildman–Crippen LogP) is 2.10. The number of amides is 1. The second kappa shape index (κ2) is 8.25. The fraction of sp³-hybridized carbons (Fsp3) is 0.429. The highest BCUT2D eigenvalue weighted by molar-refractivity contribution is 5.88. The number of hydrogen-bond acceptors (Lipinski definition) is 6. The number of fused-ring (bicyclic) bond motifs is 1. The molecular formula is C21H25FN6O2. The molecule has 9 heteroatoms. The van der Waals surface area contributed by atoms with E-state index in [1.807, 2.05) is 25.6 Å². The van der Waals surface area contributed by atoms with E-state index in [4.69, 9.17) is 9.72 Å². The van der Waals surface area contributed by atoms with Crippen molar-refractivity contribution >= 4 is 22.8 Å². The van der Waals surface area contributed by atoms with Gasteiger partial charge in [0.25, 0.3) is 5.91 Å². The van der Waals surface area contributed by atoms with Crippen LogP contribution in [0.5, 0.6) is 5.75 Å². The lowest BCUT2D eigenvalue weighted by Crippen LogP contribution is -2.50. The molecule has 2 aromatic heterocycles. The number of halogens is 1. The summed E-state index contributed by atoms with van der Waals surface area (Å²) in [5.41, 5.74) is 2.69. The Balaban J connectivity index is 1.43. The number of piperazine rings is 1. The van der Waals surface area contributed by atoms with Crippen LogP contribution < -0.4 is 9.64 Å². The minimum absolute atomic E-state index is 0.0652. The lowest BCUT2D eigenvalue weighted by molar-refractivity contribution is -0.133. The van der Waals surface area contributed by atoms with Gasteiger partial charge >= 0.3 is 0 Å². The lowest BCUT2D eigenvalue weighted by atomic mass is 10.2. The van der Waals surface area contributed by atoms with Crippen molar-refractivity contribution in [3.63, 3.8) is 0 Å². The summed E-state index contributed by atoms with van der Waals surface area (Å²) in [7, 11) is 1.90. The number of rotatable bonds is 5. The summed E-state index contributed by atoms with van der Waals surface area (Å²) in [4.78, 5) is 25.9. The van der Waals surface area contributed by atoms with Crippen LogP contribution >= 0.6 is 0 Å². The molecule has 1 fully saturated rings. The van der Waals surface area contributed by atoms with E-state index in [-0.39, 0.29) is 18.3 Å². The Morgan fingerprint density at radius 2 is 1.83 bits per heavy atom. The van der Waals surface area contributed by atoms with E-state index in [9.17, 15) is 9.18 Å². The van der Waals surface area contributed by atoms with Gasteiger partial charge in [-0.1, -0.05) is 6.92 Å². The quantitative estimate of drug-likeness (QED) is 0.639. The Kier molecular flexibility index (Phi) is 5.52. The molecule has 1 saturated heterocycles. The number of aryl methyl sites for hydroxylation is 3. The van der Waals surface area contributed by atoms with Crippen molar-refractivity contribution in [1.82, 2.24) is 24.6 Å². The number of ether oxygens (including phenoxy) is 1. The first kappa shape index (κ1) is 20.1. The second-order valence-electron chi connectivity index (χ2n) is 7.33. The average molecular weight is 412 g/mol. The maximum atomic E-state index is 13.0. The average Bonchev–Trinajstić information content (AvgIpc) is 3.06. The van der Waals surface area contributed by atoms with Crippen molar-refractivity contribution in [3.05, 3.63) is 41.6 Å². The molecule has 1 aliphatic heterocycles. The topological polar surface area (TPSA) is 76.4 Å². The van der Waals surface area contributed by atoms with Gasteiger partial charge in [0.1, 0.15) is 28.4 Å². The van der Waals surface area contributed by atoms with Gasteiger partial charge in [-0.2, -0.15) is 5.10 Å². The zero-order valence-corrected chi connectivity index (χ0v) is 17.4. The molecule has 0 saturated carbocycles. The van der Waals surface area contributed by atoms with Crippen LogP contribution in [-0.4, -0.2) is 63.3 Å². The molecule has 3 heterocycles. The van der Waals surface area contributed by atoms with Gasteiger partial charge in [0.05, 0.1) is 5.69 Å². The summed E-state index contributed by atoms with van der Waals surface area (Å²) in [6.07, 6.45) is 0.746. The van der Waals surface area contributed by atoms with Crippen LogP contribution in [0, 0.1) is 12.7 Å². The van der Waals surface area contributed by atoms with Gasteiger partial charge < -0.3 is 14.5 Å². The van der Waals surface area contributed by atoms with Crippen molar-refractivity contribution in [1.29, 1.82) is 0 Å². The molecule has 1 aromatic carbocycles. The first-order chi connectivity index (χ1) is 14.5. The van der Waals surface area contributed by atoms with Crippen LogP contribution in [0.25, 0.3) is 11.0 Å². The van der Waals surface area contributed by atoms with Gasteiger partial charge in [-0.15, -0.1) is 0 Å². The van der Waals surface area contributed by atoms with Crippen molar-refractivity contribution in [2.45, 2.75) is 20.3 Å². The van der Waals surface area contributed by atoms with Crippen molar-refractivity contribution in [2.75, 3.05) is 37.7 Å². The van der Waals surface area contributed by atoms with Crippen LogP contribution in [0.1, 0.15) is 18.4 Å². The smallest absolute Gasteiger partial charge is 0.260 e. The van der Waals surface area contributed by atoms with Gasteiger partial charge in [-0.3, -0.25) is 9.48 Å². The van der Waals surface area contributed by atoms with Crippen LogP contribution in [0.3, 0.4) is 0 Å². The molecule has 0 bridgehead atoms. The molecule has 8 nitrogen and oxygen atoms in total. The molecule has 0 atom stereocenters. The van der Waals surface area contributed by atoms with Crippen LogP contribution in [0.2, 0.25) is 0 Å². The van der Waals surface area contributed by atoms with Gasteiger partial charge in [-0.25, -0.2) is 14.4 Å². The summed E-state index contributed by atoms with van der Waals surface area (Å²) >= 11 is 0. The van der Waals surface area contributed by atoms with Crippen LogP contribution in [0.4, 0.5) is 10.2 Å². The second-order valence-corrected chi connectivity index (χ2v) is 7.33. The van der Waals surface area contributed by atoms with Crippen molar-refractivity contribution in [3.8, 4) is 5.75 Å². The summed E-state index contributed by atoms with van der Waals surface area (Å²) in [6, 6.07) is 5.65. The maximum absolute atomic E-state index is 13.0. The molecule has 4 rings (SSSR count). The van der Waals surface area contributed by atoms with E-state index >= 15 is 0 Å². The molecule has 1 amide bonds. The fourth-order valence-corrected chi connectivity index (χ4v) is 3.67. The number of carbonyl (C=O) groups excluding carboxylic acids is 1. The summed E-state index contributed by atoms with van der Waals surface area (Å²) < 4.78 is 20.3. The summed E-state index contributed by atoms with van der Waals surface area (Å²) in [6.45, 7) is 6.42. The number of anilines is 1. The fourth-order valence-electron chi connectivity index (χ4n) is 3.67. The third-order valence-corrected chi connectivity index (χ3v) is 5.30. The van der Waals surface area contributed by atoms with E-state index in [0.717, 1.165) is 34.8 Å². The monoisotopic (exact) mass is 412 g/mol. The van der Waals surface area contributed by atoms with E-state index in [1.54, 1.807) is 4.90 Å². The van der Waals surface area contributed by atoms with Crippen molar-refractivity contribution < 1.29 is 13.9 Å². The van der Waals surface area contributed by atoms with Gasteiger partial charge in [0.15, 0.2) is 12.4 Å². The first-order valence-corrected chi connectivity index (χ1v) is 10.1. The highest BCUT2D eigenvalue weighted by Gasteiger charge is 2.25. The van der Waals surface area contributed by atoms with Gasteiger partial charge in [0, 0.05) is 39.6 Å². The molecule has 0 radical (unpaired) electrons. The highest BCUT2D eigenvalue weighted by atomic mass is 19.1. The Labute approximate surface area is 174 Å². The predicted molar refractivity (Wildman–Crippen MR) is 111 cm³/mol. The molecule has 30 heavy (non-hydrogen) atoms. The van der Waals surface area contributed by atoms with Crippen molar-refractivity contribution in [2.24, 2.45) is 7.05 Å². The first-order valence-electron chi connectivity index (χ1n) is 10.1. The van der Waals surface area contributed by atoms with Gasteiger partial charge in [0.2, 0.25) is 0 Å². The molecular weight excluding hydrogens is 387 g/mol. The molecule has 3 aromatic rings. The number of hydrogen-bond donors (Lipinski definition) is 0. The largest absolute Gasteiger partial charge is 0.484 e. The van der Waals surface area contributed by atoms with E-state index < -0.39 is 0 Å². The summed E-state index contributed by atoms with van der Waals surface area (Å²) in [5.74, 6) is 1.72. The SMILES string of the molecule is CCc1nc(N2CCN(C(=O)COc3ccc(F)cc3)CC2)c2c(n1)c(C)nn2C. The number of aromatic nitrogens is 4. The molecule has 0 aliphatic carbocycles. The minimum Gasteiger partial charge on any atom is -0.484 e. The molecule has 0 N–H and O–H groups in total. The lowest BCUT2D eigenvalue weighted by Gasteiger charge is -2.35. The summed E-state index contributed by atoms with van der Waals surface area (Å²) in [5, 5.41) is 4.51. The third-order valence-electron chi connectivity index (χ3n) is 5.30. The molecule has 0 unspecified atom stereocenters. The molecule has 1 aliphatic rings. The maximum Gasteiger partial charge on any atom is 0.260 e. The number of benzene rings is 1. The zero-order valence-electron chi connectivity index (χ0n) is 17.4. The Hall–Kier alpha value is -3.23. The highest BCUT2D eigenvalue weighted by Crippen LogP contribution is 2.26. The minimum atomic E-state index is -0.335. The standard InChI is InChI=1S/C21H25FN6O2/c1-4-17-23-19-14(2)25-26(3)20(19)21(24-17)28-11-9-27(10-12-28)18(29)13-30-16-7-5-15(22)6-8-16/h5-8H,4,9-13H2,1-3H3. The molecule has 0 spiro atoms. The van der Waals surface area contributed by atoms with Crippen LogP contribution in [0.15, 0.2) is 24.3 Å². The molecule has 158 valence electrons. The Morgan fingerprint density at radius 3 is 2.50 bits per heavy atom. The number of nitrogens with zero attached hydrogens (tertiary/aromatic N) is 6. The van der Waals surface area contributed by atoms with E-state index in [1.165, 1.54) is 24.3 Å².